The summed E-state index contributed by atoms with van der Waals surface area (Å²) >= 11 is 0. The summed E-state index contributed by atoms with van der Waals surface area (Å²) < 4.78 is 23.4. The molecule has 5 unspecified atom stereocenters. The van der Waals surface area contributed by atoms with Crippen LogP contribution in [-0.4, -0.2) is 32.4 Å². The summed E-state index contributed by atoms with van der Waals surface area (Å²) in [7, 11) is 3.63. The molecule has 2 aromatic rings. The molecule has 180 valence electrons. The minimum absolute atomic E-state index is 0.0391. The molecule has 5 atom stereocenters. The number of allylic oxidation sites excluding steroid dienone is 1. The SMILES string of the molecule is CCC1CCCC(c2c(C3CCC(=O)O/C=C(/C)C3)ccc3ccoc23)CC(OC)C1OC. The number of rotatable bonds is 5. The number of carbonyl (C=O) groups excluding carboxylic acids is 1. The van der Waals surface area contributed by atoms with Gasteiger partial charge in [0.05, 0.1) is 24.7 Å². The highest BCUT2D eigenvalue weighted by Gasteiger charge is 2.35. The van der Waals surface area contributed by atoms with E-state index in [2.05, 4.69) is 19.1 Å². The van der Waals surface area contributed by atoms with E-state index in [1.54, 1.807) is 12.5 Å². The summed E-state index contributed by atoms with van der Waals surface area (Å²) in [6, 6.07) is 6.47. The third-order valence-corrected chi connectivity index (χ3v) is 7.77. The number of hydrogen-bond acceptors (Lipinski definition) is 5. The van der Waals surface area contributed by atoms with Gasteiger partial charge in [0, 0.05) is 31.6 Å². The molecule has 1 fully saturated rings. The lowest BCUT2D eigenvalue weighted by Gasteiger charge is -2.37. The number of esters is 1. The number of carbonyl (C=O) groups is 1. The van der Waals surface area contributed by atoms with Gasteiger partial charge in [-0.3, -0.25) is 4.79 Å². The van der Waals surface area contributed by atoms with Gasteiger partial charge >= 0.3 is 5.97 Å². The molecule has 2 aliphatic rings. The van der Waals surface area contributed by atoms with Crippen LogP contribution >= 0.6 is 0 Å². The quantitative estimate of drug-likeness (QED) is 0.462. The fourth-order valence-corrected chi connectivity index (χ4v) is 6.07. The Morgan fingerprint density at radius 3 is 2.67 bits per heavy atom. The molecule has 0 saturated heterocycles. The standard InChI is InChI=1S/C28H38O5/c1-5-19-7-6-8-22(16-24(30-3)27(19)31-4)26-23(11-9-20-13-14-32-28(20)26)21-10-12-25(29)33-17-18(2)15-21/h9,11,13-14,17,19,21-22,24,27H,5-8,10,12,15-16H2,1-4H3/b18-17-. The van der Waals surface area contributed by atoms with Crippen molar-refractivity contribution in [2.24, 2.45) is 5.92 Å². The highest BCUT2D eigenvalue weighted by atomic mass is 16.5. The Bertz CT molecular complexity index is 974. The molecule has 0 radical (unpaired) electrons. The van der Waals surface area contributed by atoms with Gasteiger partial charge < -0.3 is 18.6 Å². The third-order valence-electron chi connectivity index (χ3n) is 7.77. The van der Waals surface area contributed by atoms with Crippen molar-refractivity contribution < 1.29 is 23.4 Å². The van der Waals surface area contributed by atoms with Gasteiger partial charge in [0.25, 0.3) is 0 Å². The second-order valence-electron chi connectivity index (χ2n) is 9.81. The van der Waals surface area contributed by atoms with Gasteiger partial charge in [0.1, 0.15) is 5.58 Å². The van der Waals surface area contributed by atoms with Crippen molar-refractivity contribution in [1.29, 1.82) is 0 Å². The summed E-state index contributed by atoms with van der Waals surface area (Å²) in [6.45, 7) is 4.29. The molecule has 5 nitrogen and oxygen atoms in total. The van der Waals surface area contributed by atoms with Crippen molar-refractivity contribution in [1.82, 2.24) is 0 Å². The number of methoxy groups -OCH3 is 2. The van der Waals surface area contributed by atoms with Crippen LogP contribution in [0.5, 0.6) is 0 Å². The Labute approximate surface area is 197 Å². The van der Waals surface area contributed by atoms with Crippen LogP contribution in [0, 0.1) is 5.92 Å². The lowest BCUT2D eigenvalue weighted by atomic mass is 9.74. The van der Waals surface area contributed by atoms with Crippen molar-refractivity contribution in [3.63, 3.8) is 0 Å². The summed E-state index contributed by atoms with van der Waals surface area (Å²) in [5.74, 6) is 0.936. The Morgan fingerprint density at radius 1 is 1.06 bits per heavy atom. The molecular formula is C28H38O5. The summed E-state index contributed by atoms with van der Waals surface area (Å²) in [6.07, 6.45) is 11.1. The maximum absolute atomic E-state index is 12.1. The lowest BCUT2D eigenvalue weighted by Crippen LogP contribution is -2.39. The Hall–Kier alpha value is -2.11. The average molecular weight is 455 g/mol. The van der Waals surface area contributed by atoms with Crippen molar-refractivity contribution in [2.75, 3.05) is 14.2 Å². The van der Waals surface area contributed by atoms with Crippen molar-refractivity contribution in [2.45, 2.75) is 89.3 Å². The third kappa shape index (κ3) is 5.20. The number of benzene rings is 1. The molecule has 0 N–H and O–H groups in total. The van der Waals surface area contributed by atoms with Crippen molar-refractivity contribution in [3.05, 3.63) is 47.4 Å². The van der Waals surface area contributed by atoms with E-state index < -0.39 is 0 Å². The first-order chi connectivity index (χ1) is 16.0. The minimum atomic E-state index is -0.154. The normalized spacial score (nSPS) is 31.1. The van der Waals surface area contributed by atoms with E-state index in [-0.39, 0.29) is 24.1 Å². The molecule has 1 saturated carbocycles. The molecule has 5 heteroatoms. The topological polar surface area (TPSA) is 57.9 Å². The predicted molar refractivity (Wildman–Crippen MR) is 129 cm³/mol. The summed E-state index contributed by atoms with van der Waals surface area (Å²) in [5.41, 5.74) is 4.69. The first-order valence-electron chi connectivity index (χ1n) is 12.5. The smallest absolute Gasteiger partial charge is 0.310 e. The Balaban J connectivity index is 1.76. The van der Waals surface area contributed by atoms with E-state index >= 15 is 0 Å². The maximum Gasteiger partial charge on any atom is 0.310 e. The van der Waals surface area contributed by atoms with Crippen LogP contribution in [0.15, 0.2) is 40.7 Å². The van der Waals surface area contributed by atoms with Gasteiger partial charge in [-0.15, -0.1) is 0 Å². The zero-order valence-corrected chi connectivity index (χ0v) is 20.5. The van der Waals surface area contributed by atoms with Gasteiger partial charge in [0.2, 0.25) is 0 Å². The van der Waals surface area contributed by atoms with Gasteiger partial charge in [-0.2, -0.15) is 0 Å². The molecule has 0 bridgehead atoms. The second kappa shape index (κ2) is 10.9. The molecular weight excluding hydrogens is 416 g/mol. The highest BCUT2D eigenvalue weighted by Crippen LogP contribution is 2.44. The fraction of sp³-hybridized carbons (Fsp3) is 0.607. The van der Waals surface area contributed by atoms with E-state index in [4.69, 9.17) is 18.6 Å². The zero-order chi connectivity index (χ0) is 23.4. The summed E-state index contributed by atoms with van der Waals surface area (Å²) in [5, 5.41) is 1.14. The number of cyclic esters (lactones) is 1. The molecule has 33 heavy (non-hydrogen) atoms. The van der Waals surface area contributed by atoms with E-state index in [1.807, 2.05) is 27.2 Å². The van der Waals surface area contributed by atoms with Crippen LogP contribution in [0.2, 0.25) is 0 Å². The van der Waals surface area contributed by atoms with E-state index in [0.29, 0.717) is 18.3 Å². The van der Waals surface area contributed by atoms with E-state index in [1.165, 1.54) is 11.1 Å². The average Bonchev–Trinajstić information content (AvgIpc) is 3.28. The molecule has 4 rings (SSSR count). The van der Waals surface area contributed by atoms with Crippen LogP contribution < -0.4 is 0 Å². The van der Waals surface area contributed by atoms with E-state index in [9.17, 15) is 4.79 Å². The van der Waals surface area contributed by atoms with Crippen LogP contribution in [0.4, 0.5) is 0 Å². The molecule has 2 heterocycles. The molecule has 0 amide bonds. The number of furan rings is 1. The lowest BCUT2D eigenvalue weighted by molar-refractivity contribution is -0.138. The molecule has 1 aliphatic carbocycles. The molecule has 1 aliphatic heterocycles. The van der Waals surface area contributed by atoms with Gasteiger partial charge in [-0.1, -0.05) is 31.9 Å². The van der Waals surface area contributed by atoms with Gasteiger partial charge in [0.15, 0.2) is 0 Å². The minimum Gasteiger partial charge on any atom is -0.464 e. The Morgan fingerprint density at radius 2 is 1.91 bits per heavy atom. The predicted octanol–water partition coefficient (Wildman–Crippen LogP) is 6.86. The molecule has 0 spiro atoms. The van der Waals surface area contributed by atoms with Crippen LogP contribution in [-0.2, 0) is 19.0 Å². The van der Waals surface area contributed by atoms with Gasteiger partial charge in [-0.25, -0.2) is 0 Å². The first-order valence-corrected chi connectivity index (χ1v) is 12.5. The second-order valence-corrected chi connectivity index (χ2v) is 9.81. The van der Waals surface area contributed by atoms with Crippen LogP contribution in [0.25, 0.3) is 11.0 Å². The molecule has 1 aromatic carbocycles. The number of ether oxygens (including phenoxy) is 3. The Kier molecular flexibility index (Phi) is 7.92. The van der Waals surface area contributed by atoms with Crippen molar-refractivity contribution >= 4 is 16.9 Å². The summed E-state index contributed by atoms with van der Waals surface area (Å²) in [4.78, 5) is 12.1. The highest BCUT2D eigenvalue weighted by molar-refractivity contribution is 5.82. The van der Waals surface area contributed by atoms with Crippen LogP contribution in [0.1, 0.15) is 88.2 Å². The monoisotopic (exact) mass is 454 g/mol. The largest absolute Gasteiger partial charge is 0.464 e. The number of hydrogen-bond donors (Lipinski definition) is 0. The fourth-order valence-electron chi connectivity index (χ4n) is 6.07. The maximum atomic E-state index is 12.1. The molecule has 1 aromatic heterocycles. The van der Waals surface area contributed by atoms with Crippen LogP contribution in [0.3, 0.4) is 0 Å². The van der Waals surface area contributed by atoms with E-state index in [0.717, 1.165) is 61.5 Å². The van der Waals surface area contributed by atoms with Gasteiger partial charge in [-0.05, 0) is 74.0 Å². The number of fused-ring (bicyclic) bond motifs is 1. The van der Waals surface area contributed by atoms with Crippen molar-refractivity contribution in [3.8, 4) is 0 Å². The zero-order valence-electron chi connectivity index (χ0n) is 20.5. The first kappa shape index (κ1) is 24.0.